The molecule has 0 N–H and O–H groups in total. The van der Waals surface area contributed by atoms with E-state index in [-0.39, 0.29) is 5.91 Å². The topological polar surface area (TPSA) is 38.1 Å². The summed E-state index contributed by atoms with van der Waals surface area (Å²) in [5.41, 5.74) is 1.89. The lowest BCUT2D eigenvalue weighted by Gasteiger charge is -2.20. The number of hydrogen-bond acceptors (Lipinski definition) is 3. The fourth-order valence-electron chi connectivity index (χ4n) is 2.46. The van der Waals surface area contributed by atoms with E-state index in [1.807, 2.05) is 58.9 Å². The molecule has 0 aliphatic rings. The minimum Gasteiger partial charge on any atom is -0.334 e. The predicted molar refractivity (Wildman–Crippen MR) is 97.2 cm³/mol. The minimum atomic E-state index is 0.0795. The van der Waals surface area contributed by atoms with Gasteiger partial charge in [-0.2, -0.15) is 5.10 Å². The van der Waals surface area contributed by atoms with Crippen LogP contribution in [-0.4, -0.2) is 27.1 Å². The Morgan fingerprint density at radius 2 is 2.08 bits per heavy atom. The zero-order valence-corrected chi connectivity index (χ0v) is 14.2. The van der Waals surface area contributed by atoms with E-state index in [1.165, 1.54) is 4.88 Å². The molecule has 2 heterocycles. The van der Waals surface area contributed by atoms with E-state index in [0.717, 1.165) is 11.3 Å². The lowest BCUT2D eigenvalue weighted by atomic mass is 10.2. The number of nitrogens with zero attached hydrogens (tertiary/aromatic N) is 3. The smallest absolute Gasteiger partial charge is 0.227 e. The summed E-state index contributed by atoms with van der Waals surface area (Å²) in [6.07, 6.45) is 5.76. The van der Waals surface area contributed by atoms with E-state index < -0.39 is 0 Å². The maximum atomic E-state index is 12.6. The quantitative estimate of drug-likeness (QED) is 0.617. The first-order valence-electron chi connectivity index (χ1n) is 7.76. The molecule has 0 saturated carbocycles. The van der Waals surface area contributed by atoms with E-state index in [1.54, 1.807) is 28.3 Å². The molecule has 0 atom stereocenters. The molecule has 0 bridgehead atoms. The van der Waals surface area contributed by atoms with Crippen molar-refractivity contribution in [3.8, 4) is 5.69 Å². The van der Waals surface area contributed by atoms with Crippen LogP contribution in [0.2, 0.25) is 0 Å². The van der Waals surface area contributed by atoms with Gasteiger partial charge < -0.3 is 4.90 Å². The highest BCUT2D eigenvalue weighted by Gasteiger charge is 2.15. The first-order chi connectivity index (χ1) is 11.8. The SMILES string of the molecule is C=CCN(Cc1cccs1)C(=O)Cc1cnn(-c2ccccc2)c1. The fourth-order valence-corrected chi connectivity index (χ4v) is 3.18. The number of benzene rings is 1. The van der Waals surface area contributed by atoms with Crippen molar-refractivity contribution in [1.29, 1.82) is 0 Å². The van der Waals surface area contributed by atoms with Crippen LogP contribution in [0.25, 0.3) is 5.69 Å². The Morgan fingerprint density at radius 1 is 1.25 bits per heavy atom. The average molecular weight is 337 g/mol. The van der Waals surface area contributed by atoms with Gasteiger partial charge in [0.1, 0.15) is 0 Å². The number of hydrogen-bond donors (Lipinski definition) is 0. The molecule has 0 spiro atoms. The highest BCUT2D eigenvalue weighted by Crippen LogP contribution is 2.14. The van der Waals surface area contributed by atoms with Gasteiger partial charge in [0.05, 0.1) is 24.8 Å². The second kappa shape index (κ2) is 7.75. The molecule has 1 aromatic carbocycles. The van der Waals surface area contributed by atoms with Crippen LogP contribution in [0, 0.1) is 0 Å². The summed E-state index contributed by atoms with van der Waals surface area (Å²) in [6.45, 7) is 4.92. The summed E-state index contributed by atoms with van der Waals surface area (Å²) in [7, 11) is 0. The summed E-state index contributed by atoms with van der Waals surface area (Å²) >= 11 is 1.66. The summed E-state index contributed by atoms with van der Waals surface area (Å²) < 4.78 is 1.79. The van der Waals surface area contributed by atoms with Crippen molar-refractivity contribution < 1.29 is 4.79 Å². The van der Waals surface area contributed by atoms with E-state index in [0.29, 0.717) is 19.5 Å². The van der Waals surface area contributed by atoms with Gasteiger partial charge in [0.15, 0.2) is 0 Å². The van der Waals surface area contributed by atoms with Crippen molar-refractivity contribution in [2.24, 2.45) is 0 Å². The van der Waals surface area contributed by atoms with Crippen LogP contribution >= 0.6 is 11.3 Å². The molecule has 0 aliphatic carbocycles. The molecule has 0 saturated heterocycles. The monoisotopic (exact) mass is 337 g/mol. The Balaban J connectivity index is 1.68. The van der Waals surface area contributed by atoms with Gasteiger partial charge in [0, 0.05) is 17.6 Å². The summed E-state index contributed by atoms with van der Waals surface area (Å²) in [5.74, 6) is 0.0795. The van der Waals surface area contributed by atoms with Crippen molar-refractivity contribution >= 4 is 17.2 Å². The average Bonchev–Trinajstić information content (AvgIpc) is 3.27. The molecule has 24 heavy (non-hydrogen) atoms. The predicted octanol–water partition coefficient (Wildman–Crippen LogP) is 3.69. The van der Waals surface area contributed by atoms with Crippen molar-refractivity contribution in [1.82, 2.24) is 14.7 Å². The number of aromatic nitrogens is 2. The number of thiophene rings is 1. The first-order valence-corrected chi connectivity index (χ1v) is 8.64. The summed E-state index contributed by atoms with van der Waals surface area (Å²) in [4.78, 5) is 15.6. The van der Waals surface area contributed by atoms with Gasteiger partial charge in [-0.1, -0.05) is 30.3 Å². The van der Waals surface area contributed by atoms with Crippen LogP contribution in [0.4, 0.5) is 0 Å². The molecule has 3 rings (SSSR count). The van der Waals surface area contributed by atoms with Gasteiger partial charge in [-0.25, -0.2) is 4.68 Å². The first kappa shape index (κ1) is 16.2. The Bertz CT molecular complexity index is 793. The van der Waals surface area contributed by atoms with E-state index in [4.69, 9.17) is 0 Å². The molecule has 0 fully saturated rings. The molecule has 122 valence electrons. The van der Waals surface area contributed by atoms with Gasteiger partial charge in [-0.05, 0) is 29.1 Å². The van der Waals surface area contributed by atoms with Crippen LogP contribution in [0.3, 0.4) is 0 Å². The molecule has 0 unspecified atom stereocenters. The van der Waals surface area contributed by atoms with Crippen molar-refractivity contribution in [2.45, 2.75) is 13.0 Å². The van der Waals surface area contributed by atoms with Crippen molar-refractivity contribution in [2.75, 3.05) is 6.54 Å². The molecule has 1 amide bonds. The van der Waals surface area contributed by atoms with Gasteiger partial charge in [0.25, 0.3) is 0 Å². The lowest BCUT2D eigenvalue weighted by Crippen LogP contribution is -2.31. The van der Waals surface area contributed by atoms with Crippen LogP contribution in [0.1, 0.15) is 10.4 Å². The fraction of sp³-hybridized carbons (Fsp3) is 0.158. The zero-order chi connectivity index (χ0) is 16.8. The van der Waals surface area contributed by atoms with Crippen LogP contribution < -0.4 is 0 Å². The lowest BCUT2D eigenvalue weighted by molar-refractivity contribution is -0.130. The maximum absolute atomic E-state index is 12.6. The van der Waals surface area contributed by atoms with Crippen LogP contribution in [0.5, 0.6) is 0 Å². The number of amides is 1. The van der Waals surface area contributed by atoms with Crippen LogP contribution in [-0.2, 0) is 17.8 Å². The minimum absolute atomic E-state index is 0.0795. The zero-order valence-electron chi connectivity index (χ0n) is 13.3. The third-order valence-corrected chi connectivity index (χ3v) is 4.50. The molecule has 4 nitrogen and oxygen atoms in total. The Kier molecular flexibility index (Phi) is 5.23. The number of para-hydroxylation sites is 1. The van der Waals surface area contributed by atoms with Gasteiger partial charge in [-0.3, -0.25) is 4.79 Å². The van der Waals surface area contributed by atoms with Gasteiger partial charge >= 0.3 is 0 Å². The molecule has 0 aliphatic heterocycles. The van der Waals surface area contributed by atoms with E-state index in [2.05, 4.69) is 11.7 Å². The van der Waals surface area contributed by atoms with E-state index >= 15 is 0 Å². The summed E-state index contributed by atoms with van der Waals surface area (Å²) in [5, 5.41) is 6.37. The highest BCUT2D eigenvalue weighted by molar-refractivity contribution is 7.09. The van der Waals surface area contributed by atoms with Crippen molar-refractivity contribution in [3.05, 3.63) is 83.3 Å². The third kappa shape index (κ3) is 4.00. The highest BCUT2D eigenvalue weighted by atomic mass is 32.1. The standard InChI is InChI=1S/C19H19N3OS/c1-2-10-21(15-18-9-6-11-24-18)19(23)12-16-13-20-22(14-16)17-7-4-3-5-8-17/h2-9,11,13-14H,1,10,12,15H2. The largest absolute Gasteiger partial charge is 0.334 e. The molecule has 3 aromatic rings. The second-order valence-electron chi connectivity index (χ2n) is 5.45. The normalized spacial score (nSPS) is 10.5. The second-order valence-corrected chi connectivity index (χ2v) is 6.48. The third-order valence-electron chi connectivity index (χ3n) is 3.64. The van der Waals surface area contributed by atoms with Gasteiger partial charge in [0.2, 0.25) is 5.91 Å². The number of carbonyl (C=O) groups is 1. The summed E-state index contributed by atoms with van der Waals surface area (Å²) in [6, 6.07) is 13.9. The maximum Gasteiger partial charge on any atom is 0.227 e. The number of carbonyl (C=O) groups excluding carboxylic acids is 1. The Hall–Kier alpha value is -2.66. The Morgan fingerprint density at radius 3 is 2.79 bits per heavy atom. The van der Waals surface area contributed by atoms with E-state index in [9.17, 15) is 4.79 Å². The molecule has 2 aromatic heterocycles. The molecule has 0 radical (unpaired) electrons. The van der Waals surface area contributed by atoms with Crippen molar-refractivity contribution in [3.63, 3.8) is 0 Å². The molecular formula is C19H19N3OS. The Labute approximate surface area is 145 Å². The molecular weight excluding hydrogens is 318 g/mol. The van der Waals surface area contributed by atoms with Crippen LogP contribution in [0.15, 0.2) is 72.9 Å². The van der Waals surface area contributed by atoms with Gasteiger partial charge in [-0.15, -0.1) is 17.9 Å². The molecule has 5 heteroatoms. The number of rotatable bonds is 7.